The van der Waals surface area contributed by atoms with Crippen LogP contribution in [0.5, 0.6) is 0 Å². The number of rotatable bonds is 4. The maximum absolute atomic E-state index is 11.8. The highest BCUT2D eigenvalue weighted by Crippen LogP contribution is 2.18. The first kappa shape index (κ1) is 12.4. The molecular weight excluding hydrogens is 230 g/mol. The Morgan fingerprint density at radius 3 is 2.56 bits per heavy atom. The summed E-state index contributed by atoms with van der Waals surface area (Å²) in [6, 6.07) is 9.30. The Kier molecular flexibility index (Phi) is 3.77. The molecule has 0 heterocycles. The Bertz CT molecular complexity index is 467. The average molecular weight is 245 g/mol. The molecule has 1 aliphatic rings. The first-order chi connectivity index (χ1) is 8.65. The molecule has 0 spiro atoms. The standard InChI is InChI=1S/C14H15NO3/c16-13(8-10-4-2-1-3-5-10)15-12-7-6-11(9-12)14(17)18/h1-7,11-12H,8-9H2,(H,15,16)(H,17,18). The molecule has 1 aliphatic carbocycles. The molecule has 0 bridgehead atoms. The van der Waals surface area contributed by atoms with E-state index in [2.05, 4.69) is 5.32 Å². The lowest BCUT2D eigenvalue weighted by atomic mass is 10.1. The van der Waals surface area contributed by atoms with E-state index < -0.39 is 11.9 Å². The molecule has 4 heteroatoms. The third-order valence-corrected chi connectivity index (χ3v) is 2.95. The molecule has 1 amide bonds. The molecule has 0 radical (unpaired) electrons. The first-order valence-electron chi connectivity index (χ1n) is 5.89. The minimum absolute atomic E-state index is 0.0816. The summed E-state index contributed by atoms with van der Waals surface area (Å²) < 4.78 is 0. The van der Waals surface area contributed by atoms with Gasteiger partial charge in [0.25, 0.3) is 0 Å². The Morgan fingerprint density at radius 1 is 1.22 bits per heavy atom. The highest BCUT2D eigenvalue weighted by atomic mass is 16.4. The normalized spacial score (nSPS) is 21.8. The van der Waals surface area contributed by atoms with Crippen molar-refractivity contribution < 1.29 is 14.7 Å². The summed E-state index contributed by atoms with van der Waals surface area (Å²) in [5, 5.41) is 11.7. The van der Waals surface area contributed by atoms with Gasteiger partial charge in [-0.15, -0.1) is 0 Å². The fourth-order valence-corrected chi connectivity index (χ4v) is 2.03. The Hall–Kier alpha value is -2.10. The lowest BCUT2D eigenvalue weighted by Gasteiger charge is -2.12. The van der Waals surface area contributed by atoms with Crippen LogP contribution in [0, 0.1) is 5.92 Å². The van der Waals surface area contributed by atoms with Gasteiger partial charge in [0.1, 0.15) is 0 Å². The molecule has 2 N–H and O–H groups in total. The van der Waals surface area contributed by atoms with Crippen molar-refractivity contribution in [3.05, 3.63) is 48.0 Å². The molecular formula is C14H15NO3. The van der Waals surface area contributed by atoms with Crippen molar-refractivity contribution in [3.8, 4) is 0 Å². The number of amides is 1. The highest BCUT2D eigenvalue weighted by molar-refractivity contribution is 5.79. The zero-order valence-electron chi connectivity index (χ0n) is 9.87. The number of aliphatic carboxylic acids is 1. The molecule has 2 atom stereocenters. The van der Waals surface area contributed by atoms with Gasteiger partial charge >= 0.3 is 5.97 Å². The average Bonchev–Trinajstić information content (AvgIpc) is 2.78. The second-order valence-electron chi connectivity index (χ2n) is 4.40. The smallest absolute Gasteiger partial charge is 0.310 e. The third-order valence-electron chi connectivity index (χ3n) is 2.95. The summed E-state index contributed by atoms with van der Waals surface area (Å²) >= 11 is 0. The summed E-state index contributed by atoms with van der Waals surface area (Å²) in [6.45, 7) is 0. The van der Waals surface area contributed by atoms with Gasteiger partial charge in [0, 0.05) is 6.04 Å². The van der Waals surface area contributed by atoms with E-state index in [1.807, 2.05) is 30.3 Å². The molecule has 2 unspecified atom stereocenters. The molecule has 4 nitrogen and oxygen atoms in total. The van der Waals surface area contributed by atoms with E-state index in [1.165, 1.54) is 0 Å². The molecule has 2 rings (SSSR count). The number of carbonyl (C=O) groups is 2. The van der Waals surface area contributed by atoms with Crippen molar-refractivity contribution in [1.29, 1.82) is 0 Å². The van der Waals surface area contributed by atoms with E-state index >= 15 is 0 Å². The van der Waals surface area contributed by atoms with Gasteiger partial charge in [-0.05, 0) is 12.0 Å². The number of hydrogen-bond acceptors (Lipinski definition) is 2. The summed E-state index contributed by atoms with van der Waals surface area (Å²) in [7, 11) is 0. The van der Waals surface area contributed by atoms with Crippen LogP contribution in [-0.4, -0.2) is 23.0 Å². The van der Waals surface area contributed by atoms with Crippen LogP contribution in [0.4, 0.5) is 0 Å². The minimum atomic E-state index is -0.842. The molecule has 0 saturated carbocycles. The quantitative estimate of drug-likeness (QED) is 0.787. The lowest BCUT2D eigenvalue weighted by molar-refractivity contribution is -0.140. The van der Waals surface area contributed by atoms with Crippen molar-refractivity contribution in [2.75, 3.05) is 0 Å². The van der Waals surface area contributed by atoms with Gasteiger partial charge in [-0.1, -0.05) is 42.5 Å². The van der Waals surface area contributed by atoms with Crippen LogP contribution in [0.1, 0.15) is 12.0 Å². The number of carboxylic acids is 1. The molecule has 0 saturated heterocycles. The number of nitrogens with one attached hydrogen (secondary N) is 1. The number of carboxylic acid groups (broad SMARTS) is 1. The zero-order chi connectivity index (χ0) is 13.0. The fraction of sp³-hybridized carbons (Fsp3) is 0.286. The monoisotopic (exact) mass is 245 g/mol. The van der Waals surface area contributed by atoms with E-state index in [0.717, 1.165) is 5.56 Å². The van der Waals surface area contributed by atoms with Crippen molar-refractivity contribution in [2.24, 2.45) is 5.92 Å². The van der Waals surface area contributed by atoms with E-state index in [4.69, 9.17) is 5.11 Å². The van der Waals surface area contributed by atoms with Gasteiger partial charge in [0.15, 0.2) is 0 Å². The van der Waals surface area contributed by atoms with Crippen LogP contribution in [0.25, 0.3) is 0 Å². The Labute approximate surface area is 105 Å². The summed E-state index contributed by atoms with van der Waals surface area (Å²) in [5.74, 6) is -1.40. The minimum Gasteiger partial charge on any atom is -0.481 e. The van der Waals surface area contributed by atoms with Gasteiger partial charge in [-0.3, -0.25) is 9.59 Å². The summed E-state index contributed by atoms with van der Waals surface area (Å²) in [6.07, 6.45) is 4.15. The summed E-state index contributed by atoms with van der Waals surface area (Å²) in [4.78, 5) is 22.5. The van der Waals surface area contributed by atoms with Crippen LogP contribution < -0.4 is 5.32 Å². The third kappa shape index (κ3) is 3.20. The van der Waals surface area contributed by atoms with E-state index in [9.17, 15) is 9.59 Å². The number of carbonyl (C=O) groups excluding carboxylic acids is 1. The van der Waals surface area contributed by atoms with Crippen LogP contribution in [0.15, 0.2) is 42.5 Å². The van der Waals surface area contributed by atoms with Crippen molar-refractivity contribution in [1.82, 2.24) is 5.32 Å². The Balaban J connectivity index is 1.83. The zero-order valence-corrected chi connectivity index (χ0v) is 9.87. The van der Waals surface area contributed by atoms with Crippen molar-refractivity contribution >= 4 is 11.9 Å². The lowest BCUT2D eigenvalue weighted by Crippen LogP contribution is -2.34. The van der Waals surface area contributed by atoms with Crippen molar-refractivity contribution in [2.45, 2.75) is 18.9 Å². The van der Waals surface area contributed by atoms with Crippen LogP contribution in [-0.2, 0) is 16.0 Å². The largest absolute Gasteiger partial charge is 0.481 e. The number of benzene rings is 1. The molecule has 1 aromatic carbocycles. The second-order valence-corrected chi connectivity index (χ2v) is 4.40. The molecule has 0 aromatic heterocycles. The molecule has 0 aliphatic heterocycles. The second kappa shape index (κ2) is 5.49. The predicted octanol–water partition coefficient (Wildman–Crippen LogP) is 1.37. The van der Waals surface area contributed by atoms with Gasteiger partial charge < -0.3 is 10.4 Å². The Morgan fingerprint density at radius 2 is 1.94 bits per heavy atom. The van der Waals surface area contributed by atoms with Gasteiger partial charge in [0.05, 0.1) is 12.3 Å². The molecule has 18 heavy (non-hydrogen) atoms. The molecule has 0 fully saturated rings. The SMILES string of the molecule is O=C(Cc1ccccc1)NC1C=CC(C(=O)O)C1. The van der Waals surface area contributed by atoms with Crippen LogP contribution in [0.2, 0.25) is 0 Å². The number of hydrogen-bond donors (Lipinski definition) is 2. The van der Waals surface area contributed by atoms with Gasteiger partial charge in [-0.25, -0.2) is 0 Å². The van der Waals surface area contributed by atoms with Crippen LogP contribution in [0.3, 0.4) is 0 Å². The van der Waals surface area contributed by atoms with Gasteiger partial charge in [-0.2, -0.15) is 0 Å². The molecule has 94 valence electrons. The summed E-state index contributed by atoms with van der Waals surface area (Å²) in [5.41, 5.74) is 0.951. The van der Waals surface area contributed by atoms with Crippen LogP contribution >= 0.6 is 0 Å². The maximum atomic E-state index is 11.8. The van der Waals surface area contributed by atoms with Crippen molar-refractivity contribution in [3.63, 3.8) is 0 Å². The highest BCUT2D eigenvalue weighted by Gasteiger charge is 2.25. The van der Waals surface area contributed by atoms with E-state index in [1.54, 1.807) is 12.2 Å². The van der Waals surface area contributed by atoms with E-state index in [0.29, 0.717) is 12.8 Å². The van der Waals surface area contributed by atoms with E-state index in [-0.39, 0.29) is 11.9 Å². The van der Waals surface area contributed by atoms with Gasteiger partial charge in [0.2, 0.25) is 5.91 Å². The molecule has 1 aromatic rings. The fourth-order valence-electron chi connectivity index (χ4n) is 2.03. The topological polar surface area (TPSA) is 66.4 Å². The predicted molar refractivity (Wildman–Crippen MR) is 67.0 cm³/mol. The maximum Gasteiger partial charge on any atom is 0.310 e. The first-order valence-corrected chi connectivity index (χ1v) is 5.89.